The molecule has 2 N–H and O–H groups in total. The van der Waals surface area contributed by atoms with E-state index >= 15 is 0 Å². The summed E-state index contributed by atoms with van der Waals surface area (Å²) in [6.45, 7) is 12.3. The Bertz CT molecular complexity index is 256. The van der Waals surface area contributed by atoms with E-state index in [0.717, 1.165) is 5.75 Å². The Morgan fingerprint density at radius 2 is 1.83 bits per heavy atom. The van der Waals surface area contributed by atoms with Gasteiger partial charge in [-0.05, 0) is 45.3 Å². The molecule has 0 bridgehead atoms. The highest BCUT2D eigenvalue weighted by Crippen LogP contribution is 2.24. The van der Waals surface area contributed by atoms with Crippen LogP contribution in [0, 0.1) is 5.92 Å². The molecule has 0 spiro atoms. The molecular formula is C14H29NO2S. The highest BCUT2D eigenvalue weighted by Gasteiger charge is 2.34. The van der Waals surface area contributed by atoms with Crippen molar-refractivity contribution in [1.82, 2.24) is 5.32 Å². The molecule has 108 valence electrons. The van der Waals surface area contributed by atoms with Gasteiger partial charge in [-0.15, -0.1) is 0 Å². The van der Waals surface area contributed by atoms with Crippen molar-refractivity contribution in [3.05, 3.63) is 0 Å². The SMILES string of the molecule is CC(C)CCSC(C)CC(C)(NC(C)C)C(=O)O. The summed E-state index contributed by atoms with van der Waals surface area (Å²) in [7, 11) is 0. The lowest BCUT2D eigenvalue weighted by Gasteiger charge is -2.31. The molecule has 0 saturated heterocycles. The summed E-state index contributed by atoms with van der Waals surface area (Å²) in [5.41, 5.74) is -0.821. The fourth-order valence-electron chi connectivity index (χ4n) is 1.98. The van der Waals surface area contributed by atoms with Gasteiger partial charge < -0.3 is 5.11 Å². The molecule has 0 rings (SSSR count). The minimum Gasteiger partial charge on any atom is -0.480 e. The van der Waals surface area contributed by atoms with E-state index < -0.39 is 11.5 Å². The van der Waals surface area contributed by atoms with E-state index in [1.807, 2.05) is 25.6 Å². The number of thioether (sulfide) groups is 1. The van der Waals surface area contributed by atoms with Crippen LogP contribution in [-0.2, 0) is 4.79 Å². The standard InChI is InChI=1S/C14H29NO2S/c1-10(2)7-8-18-12(5)9-14(6,13(16)17)15-11(3)4/h10-12,15H,7-9H2,1-6H3,(H,16,17). The van der Waals surface area contributed by atoms with Crippen LogP contribution in [0.4, 0.5) is 0 Å². The third-order valence-electron chi connectivity index (χ3n) is 2.87. The van der Waals surface area contributed by atoms with E-state index in [1.54, 1.807) is 6.92 Å². The van der Waals surface area contributed by atoms with E-state index in [2.05, 4.69) is 26.1 Å². The van der Waals surface area contributed by atoms with Crippen LogP contribution in [0.1, 0.15) is 54.4 Å². The molecule has 3 nitrogen and oxygen atoms in total. The summed E-state index contributed by atoms with van der Waals surface area (Å²) in [6, 6.07) is 0.180. The maximum Gasteiger partial charge on any atom is 0.323 e. The van der Waals surface area contributed by atoms with Crippen LogP contribution in [0.15, 0.2) is 0 Å². The lowest BCUT2D eigenvalue weighted by molar-refractivity contribution is -0.144. The van der Waals surface area contributed by atoms with Gasteiger partial charge >= 0.3 is 5.97 Å². The normalized spacial score (nSPS) is 16.9. The van der Waals surface area contributed by atoms with Crippen LogP contribution in [-0.4, -0.2) is 33.7 Å². The lowest BCUT2D eigenvalue weighted by atomic mass is 9.95. The van der Waals surface area contributed by atoms with E-state index in [-0.39, 0.29) is 6.04 Å². The van der Waals surface area contributed by atoms with Gasteiger partial charge in [-0.2, -0.15) is 11.8 Å². The maximum absolute atomic E-state index is 11.4. The highest BCUT2D eigenvalue weighted by molar-refractivity contribution is 7.99. The molecule has 2 atom stereocenters. The van der Waals surface area contributed by atoms with Gasteiger partial charge in [0.25, 0.3) is 0 Å². The summed E-state index contributed by atoms with van der Waals surface area (Å²) in [6.07, 6.45) is 1.85. The second-order valence-corrected chi connectivity index (χ2v) is 7.55. The van der Waals surface area contributed by atoms with Crippen LogP contribution >= 0.6 is 11.8 Å². The number of carboxylic acids is 1. The van der Waals surface area contributed by atoms with Crippen molar-refractivity contribution in [2.24, 2.45) is 5.92 Å². The molecule has 0 aliphatic rings. The zero-order valence-electron chi connectivity index (χ0n) is 12.6. The summed E-state index contributed by atoms with van der Waals surface area (Å²) in [5, 5.41) is 12.9. The quantitative estimate of drug-likeness (QED) is 0.677. The average molecular weight is 275 g/mol. The molecule has 0 radical (unpaired) electrons. The number of rotatable bonds is 9. The van der Waals surface area contributed by atoms with E-state index in [4.69, 9.17) is 0 Å². The fourth-order valence-corrected chi connectivity index (χ4v) is 3.44. The number of aliphatic carboxylic acids is 1. The Kier molecular flexibility index (Phi) is 7.95. The first-order valence-electron chi connectivity index (χ1n) is 6.80. The number of nitrogens with one attached hydrogen (secondary N) is 1. The first-order valence-corrected chi connectivity index (χ1v) is 7.85. The molecule has 0 aromatic heterocycles. The third kappa shape index (κ3) is 7.27. The van der Waals surface area contributed by atoms with Gasteiger partial charge in [0, 0.05) is 11.3 Å². The van der Waals surface area contributed by atoms with Crippen molar-refractivity contribution in [2.45, 2.75) is 71.2 Å². The lowest BCUT2D eigenvalue weighted by Crippen LogP contribution is -2.53. The van der Waals surface area contributed by atoms with Crippen LogP contribution in [0.25, 0.3) is 0 Å². The smallest absolute Gasteiger partial charge is 0.323 e. The van der Waals surface area contributed by atoms with E-state index in [9.17, 15) is 9.90 Å². The van der Waals surface area contributed by atoms with Crippen molar-refractivity contribution in [1.29, 1.82) is 0 Å². The third-order valence-corrected chi connectivity index (χ3v) is 4.08. The van der Waals surface area contributed by atoms with Gasteiger partial charge in [0.1, 0.15) is 5.54 Å². The van der Waals surface area contributed by atoms with Crippen molar-refractivity contribution in [3.63, 3.8) is 0 Å². The van der Waals surface area contributed by atoms with Crippen molar-refractivity contribution >= 4 is 17.7 Å². The maximum atomic E-state index is 11.4. The largest absolute Gasteiger partial charge is 0.480 e. The molecule has 0 aromatic rings. The second-order valence-electron chi connectivity index (χ2n) is 6.00. The molecular weight excluding hydrogens is 246 g/mol. The summed E-state index contributed by atoms with van der Waals surface area (Å²) >= 11 is 1.87. The van der Waals surface area contributed by atoms with Crippen LogP contribution in [0.3, 0.4) is 0 Å². The predicted molar refractivity (Wildman–Crippen MR) is 80.3 cm³/mol. The average Bonchev–Trinajstić information content (AvgIpc) is 2.14. The summed E-state index contributed by atoms with van der Waals surface area (Å²) in [5.74, 6) is 1.06. The van der Waals surface area contributed by atoms with Gasteiger partial charge in [-0.3, -0.25) is 10.1 Å². The van der Waals surface area contributed by atoms with Gasteiger partial charge in [-0.25, -0.2) is 0 Å². The minimum atomic E-state index is -0.821. The molecule has 0 heterocycles. The summed E-state index contributed by atoms with van der Waals surface area (Å²) < 4.78 is 0. The highest BCUT2D eigenvalue weighted by atomic mass is 32.2. The Balaban J connectivity index is 4.28. The predicted octanol–water partition coefficient (Wildman–Crippen LogP) is 3.39. The van der Waals surface area contributed by atoms with E-state index in [0.29, 0.717) is 17.6 Å². The second kappa shape index (κ2) is 8.05. The first-order chi connectivity index (χ1) is 8.17. The molecule has 0 aliphatic carbocycles. The Morgan fingerprint density at radius 1 is 1.28 bits per heavy atom. The van der Waals surface area contributed by atoms with Crippen LogP contribution in [0.2, 0.25) is 0 Å². The molecule has 2 unspecified atom stereocenters. The van der Waals surface area contributed by atoms with Crippen molar-refractivity contribution in [3.8, 4) is 0 Å². The molecule has 4 heteroatoms. The molecule has 0 fully saturated rings. The fraction of sp³-hybridized carbons (Fsp3) is 0.929. The van der Waals surface area contributed by atoms with Crippen LogP contribution in [0.5, 0.6) is 0 Å². The Labute approximate surface area is 116 Å². The van der Waals surface area contributed by atoms with Gasteiger partial charge in [0.2, 0.25) is 0 Å². The monoisotopic (exact) mass is 275 g/mol. The Hall–Kier alpha value is -0.220. The minimum absolute atomic E-state index is 0.180. The van der Waals surface area contributed by atoms with Crippen LogP contribution < -0.4 is 5.32 Å². The molecule has 0 aromatic carbocycles. The summed E-state index contributed by atoms with van der Waals surface area (Å²) in [4.78, 5) is 11.4. The molecule has 0 saturated carbocycles. The van der Waals surface area contributed by atoms with Gasteiger partial charge in [-0.1, -0.05) is 20.8 Å². The number of carbonyl (C=O) groups is 1. The number of hydrogen-bond acceptors (Lipinski definition) is 3. The zero-order valence-corrected chi connectivity index (χ0v) is 13.4. The Morgan fingerprint density at radius 3 is 2.22 bits per heavy atom. The number of carboxylic acid groups (broad SMARTS) is 1. The van der Waals surface area contributed by atoms with Gasteiger partial charge in [0.05, 0.1) is 0 Å². The molecule has 0 amide bonds. The van der Waals surface area contributed by atoms with Gasteiger partial charge in [0.15, 0.2) is 0 Å². The first kappa shape index (κ1) is 17.8. The number of hydrogen-bond donors (Lipinski definition) is 2. The van der Waals surface area contributed by atoms with Crippen molar-refractivity contribution in [2.75, 3.05) is 5.75 Å². The van der Waals surface area contributed by atoms with E-state index in [1.165, 1.54) is 6.42 Å². The van der Waals surface area contributed by atoms with Crippen molar-refractivity contribution < 1.29 is 9.90 Å². The zero-order chi connectivity index (χ0) is 14.3. The molecule has 18 heavy (non-hydrogen) atoms. The topological polar surface area (TPSA) is 49.3 Å². The molecule has 0 aliphatic heterocycles.